The number of nitrogens with one attached hydrogen (secondary N) is 1. The Hall–Kier alpha value is -2.00. The molecule has 0 aromatic carbocycles. The molecule has 0 radical (unpaired) electrons. The quantitative estimate of drug-likeness (QED) is 0.0267. The van der Waals surface area contributed by atoms with Gasteiger partial charge in [0.1, 0.15) is 36.6 Å². The van der Waals surface area contributed by atoms with Gasteiger partial charge >= 0.3 is 7.82 Å². The fourth-order valence-corrected chi connectivity index (χ4v) is 6.80. The number of carbonyl (C=O) groups is 1. The molecule has 8 atom stereocenters. The highest BCUT2D eigenvalue weighted by atomic mass is 31.2. The van der Waals surface area contributed by atoms with E-state index in [4.69, 9.17) is 9.05 Å². The van der Waals surface area contributed by atoms with Crippen LogP contribution < -0.4 is 5.32 Å². The van der Waals surface area contributed by atoms with E-state index in [0.717, 1.165) is 64.2 Å². The first-order valence-electron chi connectivity index (χ1n) is 19.8. The first kappa shape index (κ1) is 50.0. The Morgan fingerprint density at radius 2 is 1.22 bits per heavy atom. The first-order chi connectivity index (χ1) is 25.8. The molecule has 1 fully saturated rings. The number of hydrogen-bond acceptors (Lipinski definition) is 11. The third kappa shape index (κ3) is 22.5. The number of phosphoric ester groups is 1. The van der Waals surface area contributed by atoms with Crippen molar-refractivity contribution in [3.8, 4) is 0 Å². The van der Waals surface area contributed by atoms with E-state index >= 15 is 0 Å². The second kappa shape index (κ2) is 30.2. The molecule has 1 aliphatic carbocycles. The second-order valence-electron chi connectivity index (χ2n) is 14.0. The van der Waals surface area contributed by atoms with Crippen LogP contribution in [0.4, 0.5) is 0 Å². The third-order valence-electron chi connectivity index (χ3n) is 9.15. The average Bonchev–Trinajstić information content (AvgIpc) is 3.14. The van der Waals surface area contributed by atoms with Crippen molar-refractivity contribution in [2.75, 3.05) is 6.61 Å². The van der Waals surface area contributed by atoms with Crippen molar-refractivity contribution in [1.29, 1.82) is 0 Å². The molecule has 0 aromatic rings. The molecule has 14 heteroatoms. The van der Waals surface area contributed by atoms with Gasteiger partial charge in [0.2, 0.25) is 5.91 Å². The van der Waals surface area contributed by atoms with Gasteiger partial charge in [-0.05, 0) is 71.1 Å². The van der Waals surface area contributed by atoms with Gasteiger partial charge in [-0.2, -0.15) is 0 Å². The number of aliphatic hydroxyl groups excluding tert-OH is 7. The highest BCUT2D eigenvalue weighted by molar-refractivity contribution is 7.47. The minimum absolute atomic E-state index is 0.269. The molecule has 54 heavy (non-hydrogen) atoms. The summed E-state index contributed by atoms with van der Waals surface area (Å²) in [6.45, 7) is 3.41. The van der Waals surface area contributed by atoms with Gasteiger partial charge in [-0.1, -0.05) is 106 Å². The number of hydrogen-bond donors (Lipinski definition) is 9. The summed E-state index contributed by atoms with van der Waals surface area (Å²) >= 11 is 0. The maximum atomic E-state index is 12.9. The Morgan fingerprint density at radius 1 is 0.704 bits per heavy atom. The van der Waals surface area contributed by atoms with Gasteiger partial charge in [0.25, 0.3) is 0 Å². The van der Waals surface area contributed by atoms with Crippen LogP contribution in [0.5, 0.6) is 0 Å². The predicted molar refractivity (Wildman–Crippen MR) is 210 cm³/mol. The van der Waals surface area contributed by atoms with E-state index in [9.17, 15) is 50.0 Å². The summed E-state index contributed by atoms with van der Waals surface area (Å²) in [5.74, 6) is -0.623. The van der Waals surface area contributed by atoms with E-state index in [2.05, 4.69) is 48.7 Å². The van der Waals surface area contributed by atoms with Gasteiger partial charge in [0, 0.05) is 0 Å². The molecule has 0 saturated heterocycles. The number of unbranched alkanes of at least 4 members (excludes halogenated alkanes) is 10. The lowest BCUT2D eigenvalue weighted by atomic mass is 9.85. The molecule has 13 nitrogen and oxygen atoms in total. The predicted octanol–water partition coefficient (Wildman–Crippen LogP) is 4.97. The van der Waals surface area contributed by atoms with Crippen LogP contribution in [0.25, 0.3) is 0 Å². The van der Waals surface area contributed by atoms with Crippen LogP contribution in [-0.4, -0.2) is 108 Å². The number of rotatable bonds is 30. The van der Waals surface area contributed by atoms with Crippen LogP contribution in [-0.2, 0) is 18.4 Å². The van der Waals surface area contributed by atoms with E-state index in [1.807, 2.05) is 19.1 Å². The van der Waals surface area contributed by atoms with Crippen molar-refractivity contribution in [3.05, 3.63) is 60.8 Å². The minimum Gasteiger partial charge on any atom is -0.393 e. The van der Waals surface area contributed by atoms with Crippen molar-refractivity contribution in [1.82, 2.24) is 5.32 Å². The maximum Gasteiger partial charge on any atom is 0.472 e. The lowest BCUT2D eigenvalue weighted by Crippen LogP contribution is -2.64. The number of aliphatic hydroxyl groups is 7. The van der Waals surface area contributed by atoms with E-state index < -0.39 is 75.2 Å². The molecule has 9 N–H and O–H groups in total. The number of phosphoric acid groups is 1. The molecule has 1 rings (SSSR count). The van der Waals surface area contributed by atoms with Gasteiger partial charge in [0.05, 0.1) is 31.3 Å². The molecular formula is C40H70NO12P. The summed E-state index contributed by atoms with van der Waals surface area (Å²) in [6, 6.07) is -1.27. The molecular weight excluding hydrogens is 717 g/mol. The molecule has 0 aliphatic heterocycles. The lowest BCUT2D eigenvalue weighted by molar-refractivity contribution is -0.220. The fraction of sp³-hybridized carbons (Fsp3) is 0.725. The zero-order valence-corrected chi connectivity index (χ0v) is 33.2. The van der Waals surface area contributed by atoms with Gasteiger partial charge in [0.15, 0.2) is 0 Å². The van der Waals surface area contributed by atoms with Crippen molar-refractivity contribution >= 4 is 13.7 Å². The first-order valence-corrected chi connectivity index (χ1v) is 21.3. The van der Waals surface area contributed by atoms with E-state index in [-0.39, 0.29) is 6.42 Å². The van der Waals surface area contributed by atoms with E-state index in [0.29, 0.717) is 19.3 Å². The summed E-state index contributed by atoms with van der Waals surface area (Å²) in [6.07, 6.45) is 20.8. The minimum atomic E-state index is -5.15. The smallest absolute Gasteiger partial charge is 0.393 e. The van der Waals surface area contributed by atoms with E-state index in [1.165, 1.54) is 25.3 Å². The van der Waals surface area contributed by atoms with Gasteiger partial charge in [-0.25, -0.2) is 4.57 Å². The summed E-state index contributed by atoms with van der Waals surface area (Å²) in [7, 11) is -5.15. The molecule has 0 spiro atoms. The van der Waals surface area contributed by atoms with Crippen molar-refractivity contribution in [2.45, 2.75) is 178 Å². The zero-order valence-electron chi connectivity index (χ0n) is 32.4. The second-order valence-corrected chi connectivity index (χ2v) is 15.4. The Morgan fingerprint density at radius 3 is 1.83 bits per heavy atom. The maximum absolute atomic E-state index is 12.9. The van der Waals surface area contributed by atoms with Crippen molar-refractivity contribution in [2.24, 2.45) is 0 Å². The topological polar surface area (TPSA) is 226 Å². The van der Waals surface area contributed by atoms with Gasteiger partial charge in [-0.3, -0.25) is 13.8 Å². The van der Waals surface area contributed by atoms with Gasteiger partial charge < -0.3 is 46.0 Å². The molecule has 0 aromatic heterocycles. The molecule has 0 heterocycles. The molecule has 0 bridgehead atoms. The zero-order chi connectivity index (χ0) is 40.2. The van der Waals surface area contributed by atoms with Crippen LogP contribution in [0.1, 0.15) is 123 Å². The number of amides is 1. The normalized spacial score (nSPS) is 25.3. The standard InChI is InChI=1S/C40H70NO12P/c1-3-5-7-9-11-13-14-15-16-17-18-20-21-23-25-27-31(42)29-34(44)41-32(33(43)28-26-24-22-19-12-10-8-6-4-2)30-52-54(50,51)53-40-38(48)36(46)35(45)37(47)39(40)49/h4,6,11-13,15-16,19,26,28,31-33,35-40,42-43,45-49H,3,5,7-10,14,17-18,20-25,27,29-30H2,1-2H3,(H,41,44)(H,50,51)/b6-4+,13-11-,16-15-,19-12+,28-26+. The largest absolute Gasteiger partial charge is 0.472 e. The summed E-state index contributed by atoms with van der Waals surface area (Å²) in [4.78, 5) is 23.2. The van der Waals surface area contributed by atoms with Crippen LogP contribution >= 0.6 is 7.82 Å². The summed E-state index contributed by atoms with van der Waals surface area (Å²) in [5.41, 5.74) is 0. The average molecular weight is 788 g/mol. The van der Waals surface area contributed by atoms with Gasteiger partial charge in [-0.15, -0.1) is 0 Å². The molecule has 1 saturated carbocycles. The lowest BCUT2D eigenvalue weighted by Gasteiger charge is -2.41. The van der Waals surface area contributed by atoms with Crippen molar-refractivity contribution in [3.63, 3.8) is 0 Å². The Balaban J connectivity index is 2.62. The molecule has 1 amide bonds. The Labute approximate surface area is 322 Å². The molecule has 312 valence electrons. The highest BCUT2D eigenvalue weighted by Gasteiger charge is 2.51. The van der Waals surface area contributed by atoms with Crippen molar-refractivity contribution < 1.29 is 59.0 Å². The van der Waals surface area contributed by atoms with Crippen LogP contribution in [0.3, 0.4) is 0 Å². The molecule has 1 aliphatic rings. The number of carbonyl (C=O) groups excluding carboxylic acids is 1. The van der Waals surface area contributed by atoms with Crippen LogP contribution in [0.15, 0.2) is 60.8 Å². The van der Waals surface area contributed by atoms with Crippen LogP contribution in [0, 0.1) is 0 Å². The van der Waals surface area contributed by atoms with Crippen LogP contribution in [0.2, 0.25) is 0 Å². The highest BCUT2D eigenvalue weighted by Crippen LogP contribution is 2.47. The number of allylic oxidation sites excluding steroid dienone is 9. The summed E-state index contributed by atoms with van der Waals surface area (Å²) < 4.78 is 22.7. The monoisotopic (exact) mass is 787 g/mol. The Bertz CT molecular complexity index is 1160. The fourth-order valence-electron chi connectivity index (χ4n) is 5.84. The summed E-state index contributed by atoms with van der Waals surface area (Å²) in [5, 5.41) is 73.9. The third-order valence-corrected chi connectivity index (χ3v) is 10.1. The molecule has 8 unspecified atom stereocenters. The Kier molecular flexibility index (Phi) is 28.0. The van der Waals surface area contributed by atoms with E-state index in [1.54, 1.807) is 6.08 Å². The SMILES string of the molecule is C/C=C/CC/C=C/CC/C=C/C(O)C(COP(=O)(O)OC1C(O)C(O)C(O)C(O)C1O)NC(=O)CC(O)CCCCCCC/C=C\C/C=C\CCCCC.